The van der Waals surface area contributed by atoms with Gasteiger partial charge in [0.25, 0.3) is 0 Å². The second kappa shape index (κ2) is 7.41. The van der Waals surface area contributed by atoms with E-state index in [9.17, 15) is 4.79 Å². The van der Waals surface area contributed by atoms with Gasteiger partial charge in [0, 0.05) is 31.1 Å². The number of carbonyl (C=O) groups is 1. The number of aryl methyl sites for hydroxylation is 4. The molecule has 0 amide bonds. The highest BCUT2D eigenvalue weighted by Gasteiger charge is 2.20. The quantitative estimate of drug-likeness (QED) is 0.668. The second-order valence-electron chi connectivity index (χ2n) is 6.09. The lowest BCUT2D eigenvalue weighted by Gasteiger charge is -2.13. The summed E-state index contributed by atoms with van der Waals surface area (Å²) in [6.45, 7) is 8.75. The number of pyridine rings is 1. The van der Waals surface area contributed by atoms with Gasteiger partial charge in [0.1, 0.15) is 5.56 Å². The first kappa shape index (κ1) is 18.3. The molecule has 0 spiro atoms. The number of nitrogens with zero attached hydrogens (tertiary/aromatic N) is 4. The summed E-state index contributed by atoms with van der Waals surface area (Å²) in [6.07, 6.45) is 2.40. The van der Waals surface area contributed by atoms with E-state index in [2.05, 4.69) is 20.4 Å². The summed E-state index contributed by atoms with van der Waals surface area (Å²) in [6, 6.07) is 0. The fourth-order valence-corrected chi connectivity index (χ4v) is 4.00. The van der Waals surface area contributed by atoms with Crippen LogP contribution in [0.4, 0.5) is 5.69 Å². The van der Waals surface area contributed by atoms with Crippen molar-refractivity contribution in [2.45, 2.75) is 34.1 Å². The minimum absolute atomic E-state index is 0.321. The zero-order valence-corrected chi connectivity index (χ0v) is 16.5. The van der Waals surface area contributed by atoms with Crippen LogP contribution in [-0.2, 0) is 18.2 Å². The average Bonchev–Trinajstić information content (AvgIpc) is 3.06. The van der Waals surface area contributed by atoms with Gasteiger partial charge >= 0.3 is 5.97 Å². The fourth-order valence-electron chi connectivity index (χ4n) is 3.07. The van der Waals surface area contributed by atoms with Crippen LogP contribution in [-0.4, -0.2) is 38.9 Å². The molecule has 0 aliphatic heterocycles. The molecule has 0 aliphatic rings. The first-order valence-corrected chi connectivity index (χ1v) is 9.40. The van der Waals surface area contributed by atoms with Crippen LogP contribution in [0.25, 0.3) is 11.0 Å². The highest BCUT2D eigenvalue weighted by Crippen LogP contribution is 2.29. The molecule has 0 unspecified atom stereocenters. The van der Waals surface area contributed by atoms with E-state index in [0.29, 0.717) is 18.7 Å². The standard InChI is InChI=1S/C18H23N5O2S/c1-6-25-18(24)13-9-20-17-15(11(3)22-23(17)5)16(13)19-8-7-14-10(2)21-12(4)26-14/h9H,6-8H2,1-5H3,(H,19,20). The molecule has 138 valence electrons. The maximum absolute atomic E-state index is 12.4. The SMILES string of the molecule is CCOC(=O)c1cnc2c(c(C)nn2C)c1NCCc1sc(C)nc1C. The van der Waals surface area contributed by atoms with E-state index in [1.54, 1.807) is 29.1 Å². The molecule has 0 bridgehead atoms. The van der Waals surface area contributed by atoms with Gasteiger partial charge in [0.05, 0.1) is 34.1 Å². The van der Waals surface area contributed by atoms with Crippen molar-refractivity contribution in [1.29, 1.82) is 0 Å². The molecule has 0 radical (unpaired) electrons. The largest absolute Gasteiger partial charge is 0.462 e. The number of hydrogen-bond acceptors (Lipinski definition) is 7. The van der Waals surface area contributed by atoms with Crippen LogP contribution in [0.3, 0.4) is 0 Å². The van der Waals surface area contributed by atoms with E-state index in [1.807, 2.05) is 27.8 Å². The molecule has 3 heterocycles. The monoisotopic (exact) mass is 373 g/mol. The van der Waals surface area contributed by atoms with Crippen molar-refractivity contribution in [3.05, 3.63) is 33.0 Å². The Morgan fingerprint density at radius 1 is 1.31 bits per heavy atom. The van der Waals surface area contributed by atoms with Crippen LogP contribution in [0.5, 0.6) is 0 Å². The Kier molecular flexibility index (Phi) is 5.22. The molecule has 0 saturated carbocycles. The summed E-state index contributed by atoms with van der Waals surface area (Å²) in [5, 5.41) is 9.78. The third kappa shape index (κ3) is 3.41. The highest BCUT2D eigenvalue weighted by atomic mass is 32.1. The van der Waals surface area contributed by atoms with E-state index >= 15 is 0 Å². The van der Waals surface area contributed by atoms with Gasteiger partial charge in [-0.15, -0.1) is 11.3 Å². The topological polar surface area (TPSA) is 81.9 Å². The minimum Gasteiger partial charge on any atom is -0.462 e. The van der Waals surface area contributed by atoms with Crippen LogP contribution in [0, 0.1) is 20.8 Å². The summed E-state index contributed by atoms with van der Waals surface area (Å²) in [7, 11) is 1.85. The molecule has 1 N–H and O–H groups in total. The molecule has 0 fully saturated rings. The van der Waals surface area contributed by atoms with Crippen LogP contribution < -0.4 is 5.32 Å². The molecule has 0 aromatic carbocycles. The first-order valence-electron chi connectivity index (χ1n) is 8.58. The van der Waals surface area contributed by atoms with Gasteiger partial charge in [-0.1, -0.05) is 0 Å². The maximum atomic E-state index is 12.4. The van der Waals surface area contributed by atoms with Crippen LogP contribution >= 0.6 is 11.3 Å². The Balaban J connectivity index is 1.94. The minimum atomic E-state index is -0.377. The van der Waals surface area contributed by atoms with E-state index in [-0.39, 0.29) is 5.97 Å². The van der Waals surface area contributed by atoms with Gasteiger partial charge in [-0.2, -0.15) is 5.10 Å². The van der Waals surface area contributed by atoms with Gasteiger partial charge in [0.2, 0.25) is 0 Å². The van der Waals surface area contributed by atoms with Crippen LogP contribution in [0.1, 0.15) is 38.6 Å². The second-order valence-corrected chi connectivity index (χ2v) is 7.38. The molecule has 0 aliphatic carbocycles. The smallest absolute Gasteiger partial charge is 0.341 e. The summed E-state index contributed by atoms with van der Waals surface area (Å²) >= 11 is 1.71. The van der Waals surface area contributed by atoms with Gasteiger partial charge in [-0.05, 0) is 27.7 Å². The van der Waals surface area contributed by atoms with Crippen LogP contribution in [0.15, 0.2) is 6.20 Å². The number of esters is 1. The van der Waals surface area contributed by atoms with Crippen LogP contribution in [0.2, 0.25) is 0 Å². The van der Waals surface area contributed by atoms with E-state index in [1.165, 1.54) is 4.88 Å². The lowest BCUT2D eigenvalue weighted by atomic mass is 10.1. The number of aromatic nitrogens is 4. The molecule has 26 heavy (non-hydrogen) atoms. The van der Waals surface area contributed by atoms with E-state index < -0.39 is 0 Å². The van der Waals surface area contributed by atoms with Gasteiger partial charge in [-0.3, -0.25) is 4.68 Å². The lowest BCUT2D eigenvalue weighted by Crippen LogP contribution is -2.13. The number of fused-ring (bicyclic) bond motifs is 1. The predicted molar refractivity (Wildman–Crippen MR) is 103 cm³/mol. The summed E-state index contributed by atoms with van der Waals surface area (Å²) in [4.78, 5) is 22.5. The normalized spacial score (nSPS) is 11.1. The van der Waals surface area contributed by atoms with Crippen molar-refractivity contribution in [2.75, 3.05) is 18.5 Å². The van der Waals surface area contributed by atoms with Crippen molar-refractivity contribution < 1.29 is 9.53 Å². The number of hydrogen-bond donors (Lipinski definition) is 1. The number of anilines is 1. The highest BCUT2D eigenvalue weighted by molar-refractivity contribution is 7.11. The van der Waals surface area contributed by atoms with Crippen molar-refractivity contribution >= 4 is 34.0 Å². The predicted octanol–water partition coefficient (Wildman–Crippen LogP) is 3.18. The molecule has 0 atom stereocenters. The third-order valence-electron chi connectivity index (χ3n) is 4.18. The molecule has 3 rings (SSSR count). The molecule has 7 nitrogen and oxygen atoms in total. The third-order valence-corrected chi connectivity index (χ3v) is 5.31. The molecule has 3 aromatic heterocycles. The van der Waals surface area contributed by atoms with Gasteiger partial charge in [0.15, 0.2) is 5.65 Å². The number of carbonyl (C=O) groups excluding carboxylic acids is 1. The summed E-state index contributed by atoms with van der Waals surface area (Å²) in [5.74, 6) is -0.377. The molecule has 0 saturated heterocycles. The summed E-state index contributed by atoms with van der Waals surface area (Å²) < 4.78 is 6.92. The molecule has 3 aromatic rings. The zero-order valence-electron chi connectivity index (χ0n) is 15.7. The number of ether oxygens (including phenoxy) is 1. The van der Waals surface area contributed by atoms with E-state index in [4.69, 9.17) is 4.74 Å². The molecular weight excluding hydrogens is 350 g/mol. The van der Waals surface area contributed by atoms with E-state index in [0.717, 1.165) is 39.5 Å². The Morgan fingerprint density at radius 3 is 2.73 bits per heavy atom. The zero-order chi connectivity index (χ0) is 18.8. The van der Waals surface area contributed by atoms with Gasteiger partial charge < -0.3 is 10.1 Å². The number of rotatable bonds is 6. The fraction of sp³-hybridized carbons (Fsp3) is 0.444. The first-order chi connectivity index (χ1) is 12.4. The van der Waals surface area contributed by atoms with Crippen molar-refractivity contribution in [3.63, 3.8) is 0 Å². The summed E-state index contributed by atoms with van der Waals surface area (Å²) in [5.41, 5.74) is 3.80. The Hall–Kier alpha value is -2.48. The maximum Gasteiger partial charge on any atom is 0.341 e. The Bertz CT molecular complexity index is 960. The van der Waals surface area contributed by atoms with Crippen molar-refractivity contribution in [2.24, 2.45) is 7.05 Å². The van der Waals surface area contributed by atoms with Crippen molar-refractivity contribution in [3.8, 4) is 0 Å². The Labute approximate surface area is 156 Å². The Morgan fingerprint density at radius 2 is 2.08 bits per heavy atom. The number of thiazole rings is 1. The number of nitrogens with one attached hydrogen (secondary N) is 1. The van der Waals surface area contributed by atoms with Crippen molar-refractivity contribution in [1.82, 2.24) is 19.7 Å². The molecule has 8 heteroatoms. The lowest BCUT2D eigenvalue weighted by molar-refractivity contribution is 0.0527. The average molecular weight is 373 g/mol. The van der Waals surface area contributed by atoms with Gasteiger partial charge in [-0.25, -0.2) is 14.8 Å². The molecular formula is C18H23N5O2S.